The van der Waals surface area contributed by atoms with Gasteiger partial charge in [0.05, 0.1) is 41.4 Å². The number of carbonyl (C=O) groups excluding carboxylic acids is 1. The third-order valence-electron chi connectivity index (χ3n) is 3.28. The van der Waals surface area contributed by atoms with E-state index in [4.69, 9.17) is 9.47 Å². The molecule has 1 amide bonds. The highest BCUT2D eigenvalue weighted by molar-refractivity contribution is 5.98. The molecule has 114 valence electrons. The van der Waals surface area contributed by atoms with Crippen molar-refractivity contribution in [1.82, 2.24) is 10.3 Å². The number of likely N-dealkylation sites (N-methyl/N-ethyl adjacent to an activating group) is 1. The molecule has 2 aromatic rings. The molecular formula is C15H22N3O3+. The van der Waals surface area contributed by atoms with Gasteiger partial charge >= 0.3 is 0 Å². The summed E-state index contributed by atoms with van der Waals surface area (Å²) in [5.74, 6) is 1.17. The minimum atomic E-state index is -0.106. The Bertz CT molecular complexity index is 593. The van der Waals surface area contributed by atoms with Gasteiger partial charge in [0.25, 0.3) is 5.91 Å². The lowest BCUT2D eigenvalue weighted by atomic mass is 10.2. The minimum Gasteiger partial charge on any atom is -0.493 e. The van der Waals surface area contributed by atoms with Crippen LogP contribution in [0.5, 0.6) is 11.5 Å². The Hall–Kier alpha value is -2.21. The van der Waals surface area contributed by atoms with E-state index in [-0.39, 0.29) is 5.91 Å². The molecule has 1 aromatic heterocycles. The highest BCUT2D eigenvalue weighted by Crippen LogP contribution is 2.32. The number of fused-ring (bicyclic) bond motifs is 1. The van der Waals surface area contributed by atoms with E-state index in [0.29, 0.717) is 23.7 Å². The topological polar surface area (TPSA) is 67.8 Å². The summed E-state index contributed by atoms with van der Waals surface area (Å²) in [6, 6.07) is 5.50. The van der Waals surface area contributed by atoms with Crippen LogP contribution >= 0.6 is 0 Å². The summed E-state index contributed by atoms with van der Waals surface area (Å²) in [6.45, 7) is 1.52. The molecule has 21 heavy (non-hydrogen) atoms. The fraction of sp³-hybridized carbons (Fsp3) is 0.400. The Balaban J connectivity index is 2.20. The standard InChI is InChI=1S/C15H21N3O3/c1-18(2)6-5-16-15(19)12-7-10-8-13(20-3)14(21-4)9-11(10)17-12/h7-9,17H,5-6H2,1-4H3,(H,16,19)/p+1. The predicted octanol–water partition coefficient (Wildman–Crippen LogP) is 0.0594. The van der Waals surface area contributed by atoms with Crippen LogP contribution in [0.25, 0.3) is 10.9 Å². The van der Waals surface area contributed by atoms with Gasteiger partial charge in [-0.05, 0) is 12.1 Å². The molecule has 0 aliphatic carbocycles. The predicted molar refractivity (Wildman–Crippen MR) is 81.4 cm³/mol. The maximum absolute atomic E-state index is 12.1. The van der Waals surface area contributed by atoms with E-state index >= 15 is 0 Å². The first-order valence-corrected chi connectivity index (χ1v) is 6.87. The maximum atomic E-state index is 12.1. The number of benzene rings is 1. The summed E-state index contributed by atoms with van der Waals surface area (Å²) in [4.78, 5) is 16.5. The van der Waals surface area contributed by atoms with Gasteiger partial charge in [-0.25, -0.2) is 0 Å². The van der Waals surface area contributed by atoms with Gasteiger partial charge in [0.15, 0.2) is 11.5 Å². The molecule has 0 fully saturated rings. The average molecular weight is 292 g/mol. The lowest BCUT2D eigenvalue weighted by Crippen LogP contribution is -3.06. The number of ether oxygens (including phenoxy) is 2. The van der Waals surface area contributed by atoms with Crippen LogP contribution in [0.1, 0.15) is 10.5 Å². The minimum absolute atomic E-state index is 0.106. The Morgan fingerprint density at radius 1 is 1.19 bits per heavy atom. The molecule has 0 aliphatic heterocycles. The van der Waals surface area contributed by atoms with Gasteiger partial charge in [-0.15, -0.1) is 0 Å². The summed E-state index contributed by atoms with van der Waals surface area (Å²) in [6.07, 6.45) is 0. The van der Waals surface area contributed by atoms with Crippen LogP contribution in [0.3, 0.4) is 0 Å². The molecule has 1 heterocycles. The van der Waals surface area contributed by atoms with Crippen molar-refractivity contribution in [2.75, 3.05) is 41.4 Å². The first-order valence-electron chi connectivity index (χ1n) is 6.87. The first-order chi connectivity index (χ1) is 10.0. The SMILES string of the molecule is COc1cc2cc(C(=O)NCC[NH+](C)C)[nH]c2cc1OC. The zero-order valence-electron chi connectivity index (χ0n) is 12.9. The average Bonchev–Trinajstić information content (AvgIpc) is 2.87. The summed E-state index contributed by atoms with van der Waals surface area (Å²) in [7, 11) is 7.28. The van der Waals surface area contributed by atoms with E-state index in [1.165, 1.54) is 4.90 Å². The van der Waals surface area contributed by atoms with E-state index in [9.17, 15) is 4.79 Å². The lowest BCUT2D eigenvalue weighted by Gasteiger charge is -2.07. The van der Waals surface area contributed by atoms with Crippen molar-refractivity contribution in [1.29, 1.82) is 0 Å². The Labute approximate surface area is 124 Å². The Morgan fingerprint density at radius 3 is 2.48 bits per heavy atom. The molecular weight excluding hydrogens is 270 g/mol. The van der Waals surface area contributed by atoms with E-state index in [1.807, 2.05) is 32.3 Å². The van der Waals surface area contributed by atoms with Crippen LogP contribution < -0.4 is 19.7 Å². The second kappa shape index (κ2) is 6.49. The zero-order chi connectivity index (χ0) is 15.4. The van der Waals surface area contributed by atoms with Crippen molar-refractivity contribution in [3.63, 3.8) is 0 Å². The smallest absolute Gasteiger partial charge is 0.267 e. The Kier molecular flexibility index (Phi) is 4.70. The molecule has 0 radical (unpaired) electrons. The van der Waals surface area contributed by atoms with Crippen molar-refractivity contribution in [2.45, 2.75) is 0 Å². The van der Waals surface area contributed by atoms with E-state index < -0.39 is 0 Å². The second-order valence-electron chi connectivity index (χ2n) is 5.19. The molecule has 0 saturated heterocycles. The number of methoxy groups -OCH3 is 2. The number of carbonyl (C=O) groups is 1. The fourth-order valence-electron chi connectivity index (χ4n) is 2.10. The number of nitrogens with one attached hydrogen (secondary N) is 3. The van der Waals surface area contributed by atoms with E-state index in [1.54, 1.807) is 14.2 Å². The molecule has 6 nitrogen and oxygen atoms in total. The van der Waals surface area contributed by atoms with Crippen molar-refractivity contribution < 1.29 is 19.2 Å². The number of H-pyrrole nitrogens is 1. The van der Waals surface area contributed by atoms with Crippen molar-refractivity contribution in [2.24, 2.45) is 0 Å². The van der Waals surface area contributed by atoms with Crippen LogP contribution in [0.15, 0.2) is 18.2 Å². The zero-order valence-corrected chi connectivity index (χ0v) is 12.9. The van der Waals surface area contributed by atoms with Gasteiger partial charge in [-0.3, -0.25) is 4.79 Å². The molecule has 0 aliphatic rings. The van der Waals surface area contributed by atoms with Crippen molar-refractivity contribution in [3.8, 4) is 11.5 Å². The number of aromatic amines is 1. The number of amides is 1. The van der Waals surface area contributed by atoms with Crippen LogP contribution in [0.4, 0.5) is 0 Å². The summed E-state index contributed by atoms with van der Waals surface area (Å²) in [5.41, 5.74) is 1.38. The monoisotopic (exact) mass is 292 g/mol. The molecule has 2 rings (SSSR count). The number of hydrogen-bond acceptors (Lipinski definition) is 3. The van der Waals surface area contributed by atoms with E-state index in [2.05, 4.69) is 10.3 Å². The number of hydrogen-bond donors (Lipinski definition) is 3. The molecule has 0 spiro atoms. The molecule has 0 bridgehead atoms. The second-order valence-corrected chi connectivity index (χ2v) is 5.19. The van der Waals surface area contributed by atoms with Gasteiger partial charge < -0.3 is 24.7 Å². The van der Waals surface area contributed by atoms with E-state index in [0.717, 1.165) is 17.4 Å². The number of quaternary nitrogens is 1. The van der Waals surface area contributed by atoms with Gasteiger partial charge in [0.2, 0.25) is 0 Å². The Morgan fingerprint density at radius 2 is 1.86 bits per heavy atom. The number of rotatable bonds is 6. The van der Waals surface area contributed by atoms with Crippen LogP contribution in [-0.4, -0.2) is 52.3 Å². The molecule has 0 saturated carbocycles. The molecule has 0 atom stereocenters. The summed E-state index contributed by atoms with van der Waals surface area (Å²) < 4.78 is 10.5. The molecule has 0 unspecified atom stereocenters. The molecule has 1 aromatic carbocycles. The van der Waals surface area contributed by atoms with Crippen molar-refractivity contribution >= 4 is 16.8 Å². The third-order valence-corrected chi connectivity index (χ3v) is 3.28. The van der Waals surface area contributed by atoms with Crippen LogP contribution in [0.2, 0.25) is 0 Å². The van der Waals surface area contributed by atoms with Gasteiger partial charge in [0.1, 0.15) is 5.69 Å². The first kappa shape index (κ1) is 15.2. The third kappa shape index (κ3) is 3.46. The lowest BCUT2D eigenvalue weighted by molar-refractivity contribution is -0.856. The van der Waals surface area contributed by atoms with Crippen LogP contribution in [0, 0.1) is 0 Å². The largest absolute Gasteiger partial charge is 0.493 e. The van der Waals surface area contributed by atoms with Gasteiger partial charge in [0, 0.05) is 17.0 Å². The highest BCUT2D eigenvalue weighted by Gasteiger charge is 2.12. The highest BCUT2D eigenvalue weighted by atomic mass is 16.5. The molecule has 6 heteroatoms. The van der Waals surface area contributed by atoms with Gasteiger partial charge in [-0.2, -0.15) is 0 Å². The fourth-order valence-corrected chi connectivity index (χ4v) is 2.10. The van der Waals surface area contributed by atoms with Crippen LogP contribution in [-0.2, 0) is 0 Å². The van der Waals surface area contributed by atoms with Gasteiger partial charge in [-0.1, -0.05) is 0 Å². The maximum Gasteiger partial charge on any atom is 0.267 e. The quantitative estimate of drug-likeness (QED) is 0.705. The summed E-state index contributed by atoms with van der Waals surface area (Å²) in [5, 5.41) is 3.81. The molecule has 3 N–H and O–H groups in total. The normalized spacial score (nSPS) is 10.9. The summed E-state index contributed by atoms with van der Waals surface area (Å²) >= 11 is 0. The van der Waals surface area contributed by atoms with Crippen molar-refractivity contribution in [3.05, 3.63) is 23.9 Å². The number of aromatic nitrogens is 1.